The number of amides is 4. The highest BCUT2D eigenvalue weighted by molar-refractivity contribution is 5.95. The molecular weight excluding hydrogens is 556 g/mol. The van der Waals surface area contributed by atoms with E-state index >= 15 is 0 Å². The zero-order chi connectivity index (χ0) is 31.7. The number of para-hydroxylation sites is 1. The molecule has 0 saturated carbocycles. The number of carboxylic acid groups (broad SMARTS) is 1. The fourth-order valence-electron chi connectivity index (χ4n) is 4.65. The van der Waals surface area contributed by atoms with Gasteiger partial charge in [-0.05, 0) is 41.7 Å². The number of nitrogens with one attached hydrogen (secondary N) is 4. The van der Waals surface area contributed by atoms with Crippen LogP contribution < -0.4 is 27.4 Å². The second kappa shape index (κ2) is 14.8. The van der Waals surface area contributed by atoms with E-state index in [2.05, 4.69) is 20.9 Å². The molecule has 3 aromatic rings. The number of H-pyrrole nitrogens is 1. The molecule has 0 aliphatic carbocycles. The van der Waals surface area contributed by atoms with Crippen LogP contribution in [-0.4, -0.2) is 69.0 Å². The Kier molecular flexibility index (Phi) is 11.2. The first-order chi connectivity index (χ1) is 20.3. The highest BCUT2D eigenvalue weighted by Gasteiger charge is 2.31. The quantitative estimate of drug-likeness (QED) is 0.123. The van der Waals surface area contributed by atoms with Crippen molar-refractivity contribution in [2.24, 2.45) is 17.4 Å². The lowest BCUT2D eigenvalue weighted by atomic mass is 10.00. The zero-order valence-corrected chi connectivity index (χ0v) is 24.0. The topological polar surface area (TPSA) is 230 Å². The number of aromatic nitrogens is 1. The van der Waals surface area contributed by atoms with E-state index in [1.165, 1.54) is 24.3 Å². The van der Waals surface area contributed by atoms with E-state index < -0.39 is 60.2 Å². The van der Waals surface area contributed by atoms with Crippen LogP contribution in [-0.2, 0) is 36.8 Å². The van der Waals surface area contributed by atoms with Crippen molar-refractivity contribution in [3.63, 3.8) is 0 Å². The lowest BCUT2D eigenvalue weighted by molar-refractivity contribution is -0.143. The number of rotatable bonds is 15. The molecule has 4 atom stereocenters. The summed E-state index contributed by atoms with van der Waals surface area (Å²) in [5.74, 6) is -4.44. The van der Waals surface area contributed by atoms with E-state index in [0.29, 0.717) is 12.0 Å². The van der Waals surface area contributed by atoms with Crippen LogP contribution in [0.3, 0.4) is 0 Å². The lowest BCUT2D eigenvalue weighted by Crippen LogP contribution is -2.58. The molecule has 2 aromatic carbocycles. The van der Waals surface area contributed by atoms with Gasteiger partial charge in [0.2, 0.25) is 23.6 Å². The third-order valence-electron chi connectivity index (χ3n) is 6.82. The minimum atomic E-state index is -1.63. The first kappa shape index (κ1) is 32.6. The summed E-state index contributed by atoms with van der Waals surface area (Å²) in [5, 5.41) is 27.6. The summed E-state index contributed by atoms with van der Waals surface area (Å²) in [6.07, 6.45) is 1.42. The summed E-state index contributed by atoms with van der Waals surface area (Å²) < 4.78 is 0. The number of hydrogen-bond acceptors (Lipinski definition) is 7. The van der Waals surface area contributed by atoms with Gasteiger partial charge >= 0.3 is 5.97 Å². The SMILES string of the molecule is CC(C)CC(N)C(=O)NC(Cc1c[nH]c2ccccc12)C(=O)NC(Cc1ccc(O)cc1)C(=O)NC(CC(N)=O)C(=O)O. The number of carboxylic acids is 1. The minimum Gasteiger partial charge on any atom is -0.508 e. The van der Waals surface area contributed by atoms with Gasteiger partial charge < -0.3 is 42.6 Å². The molecule has 0 radical (unpaired) electrons. The molecular formula is C30H38N6O7. The summed E-state index contributed by atoms with van der Waals surface area (Å²) in [6.45, 7) is 3.83. The second-order valence-corrected chi connectivity index (χ2v) is 10.9. The first-order valence-electron chi connectivity index (χ1n) is 13.8. The number of fused-ring (bicyclic) bond motifs is 1. The summed E-state index contributed by atoms with van der Waals surface area (Å²) >= 11 is 0. The largest absolute Gasteiger partial charge is 0.508 e. The molecule has 0 aliphatic heterocycles. The van der Waals surface area contributed by atoms with Crippen molar-refractivity contribution < 1.29 is 34.2 Å². The standard InChI is InChI=1S/C30H38N6O7/c1-16(2)11-21(31)27(39)34-24(13-18-15-33-22-6-4-3-5-20(18)22)29(41)35-23(12-17-7-9-19(37)10-8-17)28(40)36-25(30(42)43)14-26(32)38/h3-10,15-16,21,23-25,33,37H,11-14,31H2,1-2H3,(H2,32,38)(H,34,39)(H,35,41)(H,36,40)(H,42,43). The zero-order valence-electron chi connectivity index (χ0n) is 24.0. The van der Waals surface area contributed by atoms with Gasteiger partial charge in [-0.15, -0.1) is 0 Å². The molecule has 1 aromatic heterocycles. The summed E-state index contributed by atoms with van der Waals surface area (Å²) in [6, 6.07) is 8.33. The fraction of sp³-hybridized carbons (Fsp3) is 0.367. The number of aromatic amines is 1. The van der Waals surface area contributed by atoms with E-state index in [0.717, 1.165) is 16.5 Å². The number of carbonyl (C=O) groups is 5. The maximum absolute atomic E-state index is 13.8. The molecule has 0 saturated heterocycles. The minimum absolute atomic E-state index is 0.0135. The Morgan fingerprint density at radius 3 is 2.02 bits per heavy atom. The third-order valence-corrected chi connectivity index (χ3v) is 6.82. The number of primary amides is 1. The maximum Gasteiger partial charge on any atom is 0.326 e. The molecule has 13 heteroatoms. The van der Waals surface area contributed by atoms with Crippen LogP contribution in [0.2, 0.25) is 0 Å². The predicted molar refractivity (Wildman–Crippen MR) is 158 cm³/mol. The molecule has 3 rings (SSSR count). The van der Waals surface area contributed by atoms with Crippen LogP contribution in [0.15, 0.2) is 54.7 Å². The van der Waals surface area contributed by atoms with Gasteiger partial charge in [-0.25, -0.2) is 4.79 Å². The number of aromatic hydroxyl groups is 1. The van der Waals surface area contributed by atoms with Crippen LogP contribution in [0.4, 0.5) is 0 Å². The number of benzene rings is 2. The van der Waals surface area contributed by atoms with Gasteiger partial charge in [-0.3, -0.25) is 19.2 Å². The lowest BCUT2D eigenvalue weighted by Gasteiger charge is -2.25. The summed E-state index contributed by atoms with van der Waals surface area (Å²) in [5.41, 5.74) is 13.3. The molecule has 4 amide bonds. The Morgan fingerprint density at radius 1 is 0.837 bits per heavy atom. The Bertz CT molecular complexity index is 1450. The average molecular weight is 595 g/mol. The van der Waals surface area contributed by atoms with Crippen LogP contribution in [0.1, 0.15) is 37.8 Å². The van der Waals surface area contributed by atoms with Crippen LogP contribution in [0, 0.1) is 5.92 Å². The Labute approximate surface area is 248 Å². The van der Waals surface area contributed by atoms with Gasteiger partial charge in [-0.2, -0.15) is 0 Å². The maximum atomic E-state index is 13.8. The van der Waals surface area contributed by atoms with E-state index in [1.807, 2.05) is 38.1 Å². The molecule has 0 fully saturated rings. The Hall–Kier alpha value is -4.91. The smallest absolute Gasteiger partial charge is 0.326 e. The number of aliphatic carboxylic acids is 1. The predicted octanol–water partition coefficient (Wildman–Crippen LogP) is 0.447. The summed E-state index contributed by atoms with van der Waals surface area (Å²) in [7, 11) is 0. The van der Waals surface area contributed by atoms with Gasteiger partial charge in [-0.1, -0.05) is 44.2 Å². The first-order valence-corrected chi connectivity index (χ1v) is 13.8. The van der Waals surface area contributed by atoms with E-state index in [4.69, 9.17) is 11.5 Å². The molecule has 0 aliphatic rings. The van der Waals surface area contributed by atoms with Crippen molar-refractivity contribution in [2.75, 3.05) is 0 Å². The molecule has 1 heterocycles. The van der Waals surface area contributed by atoms with Crippen molar-refractivity contribution in [1.29, 1.82) is 0 Å². The third kappa shape index (κ3) is 9.57. The van der Waals surface area contributed by atoms with E-state index in [9.17, 15) is 34.2 Å². The van der Waals surface area contributed by atoms with Gasteiger partial charge in [0, 0.05) is 29.9 Å². The molecule has 0 bridgehead atoms. The second-order valence-electron chi connectivity index (χ2n) is 10.9. The van der Waals surface area contributed by atoms with Gasteiger partial charge in [0.25, 0.3) is 0 Å². The molecule has 43 heavy (non-hydrogen) atoms. The van der Waals surface area contributed by atoms with Crippen molar-refractivity contribution in [1.82, 2.24) is 20.9 Å². The highest BCUT2D eigenvalue weighted by Crippen LogP contribution is 2.20. The van der Waals surface area contributed by atoms with Crippen molar-refractivity contribution in [2.45, 2.75) is 63.7 Å². The molecule has 0 spiro atoms. The molecule has 10 N–H and O–H groups in total. The van der Waals surface area contributed by atoms with E-state index in [-0.39, 0.29) is 24.5 Å². The van der Waals surface area contributed by atoms with Gasteiger partial charge in [0.1, 0.15) is 23.9 Å². The summed E-state index contributed by atoms with van der Waals surface area (Å²) in [4.78, 5) is 66.3. The Morgan fingerprint density at radius 2 is 1.42 bits per heavy atom. The van der Waals surface area contributed by atoms with Crippen LogP contribution >= 0.6 is 0 Å². The normalized spacial score (nSPS) is 14.0. The van der Waals surface area contributed by atoms with Gasteiger partial charge in [0.05, 0.1) is 12.5 Å². The van der Waals surface area contributed by atoms with E-state index in [1.54, 1.807) is 6.20 Å². The monoisotopic (exact) mass is 594 g/mol. The number of carbonyl (C=O) groups excluding carboxylic acids is 4. The average Bonchev–Trinajstić information content (AvgIpc) is 3.35. The number of phenolic OH excluding ortho intramolecular Hbond substituents is 1. The number of hydrogen-bond donors (Lipinski definition) is 8. The Balaban J connectivity index is 1.91. The number of phenols is 1. The molecule has 13 nitrogen and oxygen atoms in total. The van der Waals surface area contributed by atoms with Crippen molar-refractivity contribution in [3.8, 4) is 5.75 Å². The van der Waals surface area contributed by atoms with Crippen LogP contribution in [0.5, 0.6) is 5.75 Å². The molecule has 230 valence electrons. The van der Waals surface area contributed by atoms with Crippen molar-refractivity contribution >= 4 is 40.5 Å². The van der Waals surface area contributed by atoms with Crippen molar-refractivity contribution in [3.05, 3.63) is 65.9 Å². The number of nitrogens with two attached hydrogens (primary N) is 2. The van der Waals surface area contributed by atoms with Crippen LogP contribution in [0.25, 0.3) is 10.9 Å². The highest BCUT2D eigenvalue weighted by atomic mass is 16.4. The van der Waals surface area contributed by atoms with Gasteiger partial charge in [0.15, 0.2) is 0 Å². The fourth-order valence-corrected chi connectivity index (χ4v) is 4.65. The molecule has 4 unspecified atom stereocenters.